The van der Waals surface area contributed by atoms with E-state index in [2.05, 4.69) is 76.9 Å². The molecule has 6 rings (SSSR count). The monoisotopic (exact) mass is 977 g/mol. The molecule has 2 aliphatic heterocycles. The number of rotatable bonds is 26. The van der Waals surface area contributed by atoms with E-state index >= 15 is 4.79 Å². The summed E-state index contributed by atoms with van der Waals surface area (Å²) in [6, 6.07) is 38.2. The summed E-state index contributed by atoms with van der Waals surface area (Å²) < 4.78 is 45.6. The molecule has 4 atom stereocenters. The van der Waals surface area contributed by atoms with Gasteiger partial charge in [0.05, 0.1) is 25.4 Å². The van der Waals surface area contributed by atoms with Crippen molar-refractivity contribution in [3.8, 4) is 0 Å². The molecule has 13 heteroatoms. The lowest BCUT2D eigenvalue weighted by Crippen LogP contribution is -2.71. The van der Waals surface area contributed by atoms with Crippen LogP contribution in [0.25, 0.3) is 0 Å². The zero-order chi connectivity index (χ0) is 49.4. The summed E-state index contributed by atoms with van der Waals surface area (Å²) in [4.78, 5) is 44.3. The smallest absolute Gasteiger partial charge is 0.338 e. The maximum absolute atomic E-state index is 15.3. The van der Waals surface area contributed by atoms with Crippen molar-refractivity contribution >= 4 is 44.6 Å². The molecular weight excluding hydrogens is 903 g/mol. The first-order valence-corrected chi connectivity index (χ1v) is 30.5. The van der Waals surface area contributed by atoms with Crippen LogP contribution in [0.3, 0.4) is 0 Å². The zero-order valence-corrected chi connectivity index (χ0v) is 43.9. The quantitative estimate of drug-likeness (QED) is 0.0214. The molecule has 0 radical (unpaired) electrons. The van der Waals surface area contributed by atoms with Crippen molar-refractivity contribution in [3.05, 3.63) is 145 Å². The predicted molar refractivity (Wildman–Crippen MR) is 276 cm³/mol. The van der Waals surface area contributed by atoms with Gasteiger partial charge >= 0.3 is 11.9 Å². The van der Waals surface area contributed by atoms with Crippen molar-refractivity contribution in [2.75, 3.05) is 33.2 Å². The molecule has 2 aliphatic rings. The molecule has 0 aliphatic carbocycles. The first-order valence-electron chi connectivity index (χ1n) is 24.9. The van der Waals surface area contributed by atoms with Crippen molar-refractivity contribution in [2.45, 2.75) is 139 Å². The first kappa shape index (κ1) is 53.6. The Bertz CT molecular complexity index is 2190. The van der Waals surface area contributed by atoms with E-state index in [0.717, 1.165) is 54.9 Å². The lowest BCUT2D eigenvalue weighted by Gasteiger charge is -2.45. The molecule has 0 unspecified atom stereocenters. The summed E-state index contributed by atoms with van der Waals surface area (Å²) >= 11 is 0. The average molecular weight is 978 g/mol. The van der Waals surface area contributed by atoms with Gasteiger partial charge < -0.3 is 38.2 Å². The van der Waals surface area contributed by atoms with Gasteiger partial charge in [-0.2, -0.15) is 0 Å². The van der Waals surface area contributed by atoms with E-state index in [9.17, 15) is 9.59 Å². The predicted octanol–water partition coefficient (Wildman–Crippen LogP) is 10.0. The molecule has 69 heavy (non-hydrogen) atoms. The lowest BCUT2D eigenvalue weighted by atomic mass is 9.89. The van der Waals surface area contributed by atoms with Crippen LogP contribution >= 0.6 is 0 Å². The number of carbonyl (C=O) groups is 3. The number of benzene rings is 4. The Kier molecular flexibility index (Phi) is 19.3. The second-order valence-electron chi connectivity index (χ2n) is 20.5. The van der Waals surface area contributed by atoms with Gasteiger partial charge in [0.1, 0.15) is 12.9 Å². The van der Waals surface area contributed by atoms with Gasteiger partial charge in [0, 0.05) is 33.1 Å². The fourth-order valence-corrected chi connectivity index (χ4v) is 14.6. The third-order valence-corrected chi connectivity index (χ3v) is 19.8. The van der Waals surface area contributed by atoms with Gasteiger partial charge in [-0.25, -0.2) is 9.59 Å². The number of hydrogen-bond donors (Lipinski definition) is 1. The number of ether oxygens (including phenoxy) is 6. The third kappa shape index (κ3) is 14.0. The topological polar surface area (TPSA) is 128 Å². The molecule has 0 saturated carbocycles. The summed E-state index contributed by atoms with van der Waals surface area (Å²) in [7, 11) is -4.83. The maximum Gasteiger partial charge on any atom is 0.338 e. The Morgan fingerprint density at radius 3 is 1.91 bits per heavy atom. The van der Waals surface area contributed by atoms with E-state index in [-0.39, 0.29) is 12.4 Å². The Balaban J connectivity index is 1.42. The van der Waals surface area contributed by atoms with Crippen molar-refractivity contribution in [3.63, 3.8) is 0 Å². The molecule has 1 amide bonds. The number of esters is 2. The molecule has 0 spiro atoms. The van der Waals surface area contributed by atoms with Crippen molar-refractivity contribution in [2.24, 2.45) is 0 Å². The molecule has 11 nitrogen and oxygen atoms in total. The minimum atomic E-state index is -3.39. The molecule has 2 fully saturated rings. The van der Waals surface area contributed by atoms with Crippen LogP contribution in [0.4, 0.5) is 0 Å². The number of unbranched alkanes of at least 4 members (excludes halogenated alkanes) is 4. The van der Waals surface area contributed by atoms with E-state index < -0.39 is 75.5 Å². The molecule has 4 aromatic rings. The highest BCUT2D eigenvalue weighted by molar-refractivity contribution is 6.99. The molecule has 0 aromatic heterocycles. The molecule has 1 N–H and O–H groups in total. The number of carbonyl (C=O) groups excluding carboxylic acids is 3. The minimum absolute atomic E-state index is 0.114. The molecule has 372 valence electrons. The van der Waals surface area contributed by atoms with E-state index in [1.54, 1.807) is 54.6 Å². The molecule has 4 aromatic carbocycles. The number of allylic oxidation sites excluding steroid dienone is 1. The largest absolute Gasteiger partial charge is 0.453 e. The Morgan fingerprint density at radius 2 is 1.35 bits per heavy atom. The van der Waals surface area contributed by atoms with Crippen molar-refractivity contribution in [1.29, 1.82) is 0 Å². The van der Waals surface area contributed by atoms with Crippen molar-refractivity contribution in [1.82, 2.24) is 5.32 Å². The highest BCUT2D eigenvalue weighted by Gasteiger charge is 2.65. The summed E-state index contributed by atoms with van der Waals surface area (Å²) in [5.41, 5.74) is -1.51. The van der Waals surface area contributed by atoms with Crippen LogP contribution in [0.2, 0.25) is 30.7 Å². The summed E-state index contributed by atoms with van der Waals surface area (Å²) in [6.45, 7) is 16.6. The number of nitrogens with one attached hydrogen (secondary N) is 1. The summed E-state index contributed by atoms with van der Waals surface area (Å²) in [5, 5.41) is 4.49. The minimum Gasteiger partial charge on any atom is -0.453 e. The van der Waals surface area contributed by atoms with E-state index in [4.69, 9.17) is 32.8 Å². The highest BCUT2D eigenvalue weighted by Crippen LogP contribution is 2.40. The molecule has 2 heterocycles. The lowest BCUT2D eigenvalue weighted by molar-refractivity contribution is -0.168. The van der Waals surface area contributed by atoms with Crippen LogP contribution in [0.15, 0.2) is 133 Å². The van der Waals surface area contributed by atoms with Gasteiger partial charge in [-0.05, 0) is 65.0 Å². The van der Waals surface area contributed by atoms with Gasteiger partial charge in [0.25, 0.3) is 14.2 Å². The fraction of sp³-hybridized carbons (Fsp3) is 0.482. The first-order chi connectivity index (χ1) is 33.1. The zero-order valence-electron chi connectivity index (χ0n) is 41.9. The van der Waals surface area contributed by atoms with Crippen LogP contribution in [-0.2, 0) is 37.6 Å². The maximum atomic E-state index is 15.3. The Labute approximate surface area is 412 Å². The third-order valence-electron chi connectivity index (χ3n) is 13.1. The fourth-order valence-electron chi connectivity index (χ4n) is 9.27. The molecule has 0 bridgehead atoms. The van der Waals surface area contributed by atoms with Crippen LogP contribution in [-0.4, -0.2) is 97.1 Å². The van der Waals surface area contributed by atoms with Crippen LogP contribution in [0.1, 0.15) is 99.8 Å². The van der Waals surface area contributed by atoms with Gasteiger partial charge in [-0.1, -0.05) is 176 Å². The van der Waals surface area contributed by atoms with Crippen LogP contribution in [0, 0.1) is 0 Å². The van der Waals surface area contributed by atoms with E-state index in [1.807, 2.05) is 54.6 Å². The standard InChI is InChI=1S/C56H75NO10Si2/c1-8-9-10-25-36-55(63-38-39-64-55)37-26-15-24-35-48(62-43-61-40-41-68(5,6)7)49-50(67-52(59)45-29-18-12-19-30-45)56(53(60)66-49,57-51(58)44-27-16-11-17-28-44)42-65-69(54(2,3)4,46-31-20-13-21-32-46)47-33-22-14-23-34-47/h11-14,16-24,27-35,48-50H,8-10,15,25-26,36-43H2,1-7H3,(H,57,58)/b35-24+/t48-,49+,50-,56-/m0/s1. The summed E-state index contributed by atoms with van der Waals surface area (Å²) in [5.74, 6) is -2.69. The average Bonchev–Trinajstić information content (AvgIpc) is 3.91. The second kappa shape index (κ2) is 24.9. The Morgan fingerprint density at radius 1 is 0.783 bits per heavy atom. The highest BCUT2D eigenvalue weighted by atomic mass is 28.4. The van der Waals surface area contributed by atoms with Gasteiger partial charge in [-0.3, -0.25) is 4.79 Å². The van der Waals surface area contributed by atoms with Crippen LogP contribution < -0.4 is 15.7 Å². The number of cyclic esters (lactones) is 1. The second-order valence-corrected chi connectivity index (χ2v) is 30.4. The molecular formula is C56H75NO10Si2. The normalized spacial score (nSPS) is 19.9. The Hall–Kier alpha value is -4.74. The summed E-state index contributed by atoms with van der Waals surface area (Å²) in [6.07, 6.45) is 7.66. The van der Waals surface area contributed by atoms with Gasteiger partial charge in [0.2, 0.25) is 5.54 Å². The SMILES string of the molecule is CCCCCCC1(CCC/C=C/[C@H](OCOCC[Si](C)(C)C)[C@H]2OC(=O)[C@@](CO[Si](c3ccccc3)(c3ccccc3)C(C)(C)C)(NC(=O)c3ccccc3)[C@H]2OC(=O)c2ccccc2)OCCO1. The van der Waals surface area contributed by atoms with E-state index in [0.29, 0.717) is 31.8 Å². The van der Waals surface area contributed by atoms with Crippen LogP contribution in [0.5, 0.6) is 0 Å². The number of hydrogen-bond acceptors (Lipinski definition) is 10. The van der Waals surface area contributed by atoms with Gasteiger partial charge in [-0.15, -0.1) is 0 Å². The van der Waals surface area contributed by atoms with Crippen molar-refractivity contribution < 1.29 is 47.2 Å². The number of amides is 1. The van der Waals surface area contributed by atoms with E-state index in [1.165, 1.54) is 6.42 Å². The molecule has 2 saturated heterocycles. The van der Waals surface area contributed by atoms with Gasteiger partial charge in [0.15, 0.2) is 18.0 Å².